The zero-order chi connectivity index (χ0) is 17.9. The third kappa shape index (κ3) is 2.99. The van der Waals surface area contributed by atoms with Crippen LogP contribution in [0.2, 0.25) is 0 Å². The molecule has 26 heavy (non-hydrogen) atoms. The third-order valence-electron chi connectivity index (χ3n) is 4.57. The minimum absolute atomic E-state index is 0.0522. The predicted octanol–water partition coefficient (Wildman–Crippen LogP) is 2.33. The van der Waals surface area contributed by atoms with E-state index in [0.29, 0.717) is 6.54 Å². The van der Waals surface area contributed by atoms with Gasteiger partial charge in [-0.15, -0.1) is 0 Å². The van der Waals surface area contributed by atoms with Crippen LogP contribution < -0.4 is 10.2 Å². The summed E-state index contributed by atoms with van der Waals surface area (Å²) in [6.45, 7) is 1.44. The number of pyridine rings is 2. The molecule has 0 spiro atoms. The van der Waals surface area contributed by atoms with Crippen LogP contribution in [0.1, 0.15) is 12.8 Å². The van der Waals surface area contributed by atoms with Crippen molar-refractivity contribution in [2.45, 2.75) is 18.9 Å². The first-order valence-electron chi connectivity index (χ1n) is 8.53. The number of nitriles is 1. The first-order chi connectivity index (χ1) is 12.8. The van der Waals surface area contributed by atoms with Crippen molar-refractivity contribution in [3.05, 3.63) is 30.7 Å². The second kappa shape index (κ2) is 6.88. The number of nitrogens with zero attached hydrogens (tertiary/aromatic N) is 4. The molecule has 0 radical (unpaired) electrons. The number of carbonyl (C=O) groups is 1. The molecular formula is C18H18N6O2. The lowest BCUT2D eigenvalue weighted by Gasteiger charge is -2.34. The lowest BCUT2D eigenvalue weighted by molar-refractivity contribution is 0.0893. The summed E-state index contributed by atoms with van der Waals surface area (Å²) in [6.07, 6.45) is 6.42. The van der Waals surface area contributed by atoms with Crippen LogP contribution in [0, 0.1) is 11.3 Å². The third-order valence-corrected chi connectivity index (χ3v) is 4.57. The number of rotatable bonds is 3. The molecule has 1 aliphatic heterocycles. The number of hydrogen-bond donors (Lipinski definition) is 2. The summed E-state index contributed by atoms with van der Waals surface area (Å²) in [5, 5.41) is 13.0. The van der Waals surface area contributed by atoms with Gasteiger partial charge in [-0.1, -0.05) is 0 Å². The van der Waals surface area contributed by atoms with Crippen LogP contribution in [0.5, 0.6) is 0 Å². The summed E-state index contributed by atoms with van der Waals surface area (Å²) < 4.78 is 5.45. The number of hydrogen-bond acceptors (Lipinski definition) is 6. The molecule has 0 saturated carbocycles. The molecule has 3 aromatic rings. The van der Waals surface area contributed by atoms with E-state index in [0.717, 1.165) is 47.0 Å². The van der Waals surface area contributed by atoms with E-state index in [1.807, 2.05) is 24.4 Å². The molecule has 132 valence electrons. The van der Waals surface area contributed by atoms with Crippen LogP contribution >= 0.6 is 0 Å². The van der Waals surface area contributed by atoms with Crippen LogP contribution in [0.4, 0.5) is 10.5 Å². The highest BCUT2D eigenvalue weighted by molar-refractivity contribution is 6.09. The van der Waals surface area contributed by atoms with E-state index in [1.54, 1.807) is 12.4 Å². The molecule has 1 amide bonds. The lowest BCUT2D eigenvalue weighted by atomic mass is 10.1. The van der Waals surface area contributed by atoms with Crippen molar-refractivity contribution >= 4 is 33.7 Å². The number of piperidine rings is 1. The van der Waals surface area contributed by atoms with Gasteiger partial charge in [0.25, 0.3) is 0 Å². The molecule has 1 unspecified atom stereocenters. The van der Waals surface area contributed by atoms with Gasteiger partial charge in [0.15, 0.2) is 5.65 Å². The van der Waals surface area contributed by atoms with Gasteiger partial charge in [-0.25, -0.2) is 14.8 Å². The molecular weight excluding hydrogens is 332 g/mol. The zero-order valence-corrected chi connectivity index (χ0v) is 14.1. The molecule has 4 heterocycles. The number of nitrogens with one attached hydrogen (secondary N) is 2. The molecule has 8 heteroatoms. The first kappa shape index (κ1) is 16.1. The Balaban J connectivity index is 1.62. The van der Waals surface area contributed by atoms with E-state index in [4.69, 9.17) is 10.00 Å². The van der Waals surface area contributed by atoms with E-state index < -0.39 is 6.09 Å². The largest absolute Gasteiger partial charge is 0.444 e. The normalized spacial score (nSPS) is 17.2. The van der Waals surface area contributed by atoms with Crippen molar-refractivity contribution in [1.29, 1.82) is 5.26 Å². The Labute approximate surface area is 149 Å². The topological polar surface area (TPSA) is 107 Å². The van der Waals surface area contributed by atoms with Gasteiger partial charge in [0.05, 0.1) is 24.3 Å². The van der Waals surface area contributed by atoms with Crippen molar-refractivity contribution in [1.82, 2.24) is 20.3 Å². The molecule has 2 N–H and O–H groups in total. The number of ether oxygens (including phenoxy) is 1. The van der Waals surface area contributed by atoms with Crippen molar-refractivity contribution in [3.8, 4) is 6.07 Å². The number of aromatic nitrogens is 3. The van der Waals surface area contributed by atoms with Crippen molar-refractivity contribution in [2.75, 3.05) is 24.5 Å². The Hall–Kier alpha value is -3.34. The van der Waals surface area contributed by atoms with E-state index in [1.165, 1.54) is 0 Å². The minimum atomic E-state index is -0.545. The van der Waals surface area contributed by atoms with Gasteiger partial charge in [-0.3, -0.25) is 0 Å². The zero-order valence-electron chi connectivity index (χ0n) is 14.1. The maximum Gasteiger partial charge on any atom is 0.408 e. The number of H-pyrrole nitrogens is 1. The van der Waals surface area contributed by atoms with Gasteiger partial charge in [0.1, 0.15) is 12.6 Å². The maximum absolute atomic E-state index is 11.7. The Morgan fingerprint density at radius 1 is 1.46 bits per heavy atom. The summed E-state index contributed by atoms with van der Waals surface area (Å²) in [5.41, 5.74) is 2.74. The van der Waals surface area contributed by atoms with Gasteiger partial charge >= 0.3 is 6.09 Å². The first-order valence-corrected chi connectivity index (χ1v) is 8.53. The molecule has 0 bridgehead atoms. The van der Waals surface area contributed by atoms with Gasteiger partial charge in [0, 0.05) is 35.4 Å². The average Bonchev–Trinajstić information content (AvgIpc) is 3.15. The minimum Gasteiger partial charge on any atom is -0.444 e. The second-order valence-electron chi connectivity index (χ2n) is 6.22. The molecule has 1 atom stereocenters. The monoisotopic (exact) mass is 350 g/mol. The smallest absolute Gasteiger partial charge is 0.408 e. The number of aromatic amines is 1. The fourth-order valence-corrected chi connectivity index (χ4v) is 3.46. The summed E-state index contributed by atoms with van der Waals surface area (Å²) in [4.78, 5) is 25.9. The van der Waals surface area contributed by atoms with Crippen LogP contribution in [0.3, 0.4) is 0 Å². The van der Waals surface area contributed by atoms with E-state index in [9.17, 15) is 4.79 Å². The molecule has 1 saturated heterocycles. The highest BCUT2D eigenvalue weighted by Crippen LogP contribution is 2.32. The fraction of sp³-hybridized carbons (Fsp3) is 0.333. The maximum atomic E-state index is 11.7. The Morgan fingerprint density at radius 2 is 2.38 bits per heavy atom. The van der Waals surface area contributed by atoms with Crippen molar-refractivity contribution in [3.63, 3.8) is 0 Å². The predicted molar refractivity (Wildman–Crippen MR) is 96.7 cm³/mol. The molecule has 1 aliphatic rings. The van der Waals surface area contributed by atoms with E-state index >= 15 is 0 Å². The molecule has 3 aromatic heterocycles. The van der Waals surface area contributed by atoms with Gasteiger partial charge in [-0.2, -0.15) is 5.26 Å². The summed E-state index contributed by atoms with van der Waals surface area (Å²) in [6, 6.07) is 5.87. The summed E-state index contributed by atoms with van der Waals surface area (Å²) in [7, 11) is 0. The van der Waals surface area contributed by atoms with E-state index in [2.05, 4.69) is 25.2 Å². The Kier molecular flexibility index (Phi) is 4.27. The van der Waals surface area contributed by atoms with Crippen LogP contribution in [-0.4, -0.2) is 46.8 Å². The van der Waals surface area contributed by atoms with Crippen molar-refractivity contribution in [2.24, 2.45) is 0 Å². The SMILES string of the molecule is N#CCNC(=O)OC1CCCN(c2cc[nH]c3cnc4nccc4c23)C1. The molecule has 8 nitrogen and oxygen atoms in total. The standard InChI is InChI=1S/C18H18N6O2/c19-5-8-22-18(25)26-12-2-1-9-24(11-12)15-4-7-20-14-10-23-17-13(16(14)15)3-6-21-17/h3-4,6-7,10,12,20H,1-2,8-9,11H2,(H,22,25). The Bertz CT molecular complexity index is 992. The molecule has 1 fully saturated rings. The molecule has 4 rings (SSSR count). The number of alkyl carbamates (subject to hydrolysis) is 1. The summed E-state index contributed by atoms with van der Waals surface area (Å²) in [5.74, 6) is 0. The highest BCUT2D eigenvalue weighted by Gasteiger charge is 2.25. The number of anilines is 1. The number of fused-ring (bicyclic) bond motifs is 3. The number of amides is 1. The van der Waals surface area contributed by atoms with Crippen molar-refractivity contribution < 1.29 is 9.53 Å². The van der Waals surface area contributed by atoms with E-state index in [-0.39, 0.29) is 12.6 Å². The Morgan fingerprint density at radius 3 is 3.27 bits per heavy atom. The second-order valence-corrected chi connectivity index (χ2v) is 6.22. The van der Waals surface area contributed by atoms with Crippen LogP contribution in [0.15, 0.2) is 30.7 Å². The summed E-state index contributed by atoms with van der Waals surface area (Å²) >= 11 is 0. The fourth-order valence-electron chi connectivity index (χ4n) is 3.46. The number of carbonyl (C=O) groups excluding carboxylic acids is 1. The lowest BCUT2D eigenvalue weighted by Crippen LogP contribution is -2.42. The molecule has 0 aliphatic carbocycles. The van der Waals surface area contributed by atoms with Crippen LogP contribution in [-0.2, 0) is 4.74 Å². The average molecular weight is 350 g/mol. The van der Waals surface area contributed by atoms with Crippen LogP contribution in [0.25, 0.3) is 21.9 Å². The molecule has 0 aromatic carbocycles. The quantitative estimate of drug-likeness (QED) is 0.702. The van der Waals surface area contributed by atoms with Gasteiger partial charge in [-0.05, 0) is 25.0 Å². The highest BCUT2D eigenvalue weighted by atomic mass is 16.6. The van der Waals surface area contributed by atoms with Gasteiger partial charge in [0.2, 0.25) is 0 Å². The van der Waals surface area contributed by atoms with Gasteiger partial charge < -0.3 is 19.9 Å².